The van der Waals surface area contributed by atoms with Gasteiger partial charge in [0.05, 0.1) is 11.8 Å². The Morgan fingerprint density at radius 3 is 2.07 bits per heavy atom. The summed E-state index contributed by atoms with van der Waals surface area (Å²) in [6, 6.07) is 16.3. The summed E-state index contributed by atoms with van der Waals surface area (Å²) in [5.41, 5.74) is 0.573. The summed E-state index contributed by atoms with van der Waals surface area (Å²) in [5, 5.41) is 2.73. The number of para-hydroxylation sites is 1. The molecular weight excluding hydrogens is 356 g/mol. The van der Waals surface area contributed by atoms with Crippen LogP contribution in [-0.4, -0.2) is 29.2 Å². The van der Waals surface area contributed by atoms with Gasteiger partial charge in [-0.05, 0) is 49.2 Å². The van der Waals surface area contributed by atoms with Crippen molar-refractivity contribution in [3.63, 3.8) is 0 Å². The average molecular weight is 376 g/mol. The first-order valence-corrected chi connectivity index (χ1v) is 9.25. The second kappa shape index (κ2) is 7.68. The Balaban J connectivity index is 1.35. The standard InChI is InChI=1S/C22H20N2O4/c25-20(14-24-21(26)18-8-4-5-9-19(18)22(24)27)23-15-10-12-17(13-11-15)28-16-6-2-1-3-7-16/h1-7,10-13,18-19H,8-9,14H2,(H,23,25). The molecule has 2 aromatic rings. The minimum atomic E-state index is -0.398. The van der Waals surface area contributed by atoms with Gasteiger partial charge in [-0.2, -0.15) is 0 Å². The number of hydrogen-bond donors (Lipinski definition) is 1. The molecule has 2 aromatic carbocycles. The van der Waals surface area contributed by atoms with Gasteiger partial charge in [-0.25, -0.2) is 0 Å². The number of ether oxygens (including phenoxy) is 1. The molecule has 0 bridgehead atoms. The third kappa shape index (κ3) is 3.67. The highest BCUT2D eigenvalue weighted by Crippen LogP contribution is 2.34. The number of nitrogens with zero attached hydrogens (tertiary/aromatic N) is 1. The number of carbonyl (C=O) groups is 3. The third-order valence-corrected chi connectivity index (χ3v) is 5.02. The molecule has 0 spiro atoms. The van der Waals surface area contributed by atoms with Crippen LogP contribution in [-0.2, 0) is 14.4 Å². The van der Waals surface area contributed by atoms with E-state index in [4.69, 9.17) is 4.74 Å². The second-order valence-electron chi connectivity index (χ2n) is 6.91. The molecule has 6 nitrogen and oxygen atoms in total. The van der Waals surface area contributed by atoms with Gasteiger partial charge in [-0.1, -0.05) is 30.4 Å². The second-order valence-corrected chi connectivity index (χ2v) is 6.91. The van der Waals surface area contributed by atoms with Crippen molar-refractivity contribution in [3.05, 3.63) is 66.7 Å². The van der Waals surface area contributed by atoms with Gasteiger partial charge >= 0.3 is 0 Å². The number of imide groups is 1. The first kappa shape index (κ1) is 18.0. The number of allylic oxidation sites excluding steroid dienone is 2. The molecule has 1 heterocycles. The molecule has 1 aliphatic carbocycles. The van der Waals surface area contributed by atoms with Crippen LogP contribution in [0, 0.1) is 11.8 Å². The van der Waals surface area contributed by atoms with Crippen molar-refractivity contribution in [3.8, 4) is 11.5 Å². The van der Waals surface area contributed by atoms with Gasteiger partial charge in [0.15, 0.2) is 0 Å². The van der Waals surface area contributed by atoms with Crippen molar-refractivity contribution in [2.75, 3.05) is 11.9 Å². The molecule has 0 aromatic heterocycles. The number of hydrogen-bond acceptors (Lipinski definition) is 4. The van der Waals surface area contributed by atoms with E-state index in [1.54, 1.807) is 24.3 Å². The molecule has 28 heavy (non-hydrogen) atoms. The molecular formula is C22H20N2O4. The summed E-state index contributed by atoms with van der Waals surface area (Å²) in [6.45, 7) is -0.257. The van der Waals surface area contributed by atoms with Gasteiger partial charge < -0.3 is 10.1 Å². The minimum Gasteiger partial charge on any atom is -0.457 e. The van der Waals surface area contributed by atoms with Crippen molar-refractivity contribution in [1.82, 2.24) is 4.90 Å². The Morgan fingerprint density at radius 2 is 1.46 bits per heavy atom. The largest absolute Gasteiger partial charge is 0.457 e. The van der Waals surface area contributed by atoms with E-state index < -0.39 is 5.91 Å². The molecule has 3 amide bonds. The maximum absolute atomic E-state index is 12.4. The van der Waals surface area contributed by atoms with Crippen molar-refractivity contribution in [2.24, 2.45) is 11.8 Å². The van der Waals surface area contributed by atoms with E-state index >= 15 is 0 Å². The third-order valence-electron chi connectivity index (χ3n) is 5.02. The Labute approximate surface area is 162 Å². The predicted molar refractivity (Wildman–Crippen MR) is 104 cm³/mol. The van der Waals surface area contributed by atoms with E-state index in [2.05, 4.69) is 5.32 Å². The molecule has 4 rings (SSSR count). The van der Waals surface area contributed by atoms with Crippen LogP contribution >= 0.6 is 0 Å². The topological polar surface area (TPSA) is 75.7 Å². The van der Waals surface area contributed by atoms with Crippen molar-refractivity contribution in [2.45, 2.75) is 12.8 Å². The quantitative estimate of drug-likeness (QED) is 0.641. The van der Waals surface area contributed by atoms with E-state index in [1.807, 2.05) is 42.5 Å². The zero-order chi connectivity index (χ0) is 19.5. The van der Waals surface area contributed by atoms with E-state index in [9.17, 15) is 14.4 Å². The first-order valence-electron chi connectivity index (χ1n) is 9.25. The fourth-order valence-corrected chi connectivity index (χ4v) is 3.60. The summed E-state index contributed by atoms with van der Waals surface area (Å²) in [4.78, 5) is 38.3. The summed E-state index contributed by atoms with van der Waals surface area (Å²) >= 11 is 0. The van der Waals surface area contributed by atoms with Crippen LogP contribution in [0.25, 0.3) is 0 Å². The minimum absolute atomic E-state index is 0.249. The maximum Gasteiger partial charge on any atom is 0.244 e. The zero-order valence-corrected chi connectivity index (χ0v) is 15.2. The summed E-state index contributed by atoms with van der Waals surface area (Å²) < 4.78 is 5.71. The summed E-state index contributed by atoms with van der Waals surface area (Å²) in [6.07, 6.45) is 4.98. The van der Waals surface area contributed by atoms with E-state index in [0.717, 1.165) is 10.6 Å². The lowest BCUT2D eigenvalue weighted by Crippen LogP contribution is -2.38. The zero-order valence-electron chi connectivity index (χ0n) is 15.2. The Kier molecular flexibility index (Phi) is 4.93. The van der Waals surface area contributed by atoms with Crippen LogP contribution in [0.2, 0.25) is 0 Å². The van der Waals surface area contributed by atoms with Crippen molar-refractivity contribution in [1.29, 1.82) is 0 Å². The first-order chi connectivity index (χ1) is 13.6. The number of amides is 3. The van der Waals surface area contributed by atoms with Gasteiger partial charge in [0.1, 0.15) is 18.0 Å². The molecule has 2 aliphatic rings. The number of anilines is 1. The Bertz CT molecular complexity index is 895. The molecule has 1 N–H and O–H groups in total. The van der Waals surface area contributed by atoms with Crippen LogP contribution in [0.15, 0.2) is 66.7 Å². The van der Waals surface area contributed by atoms with Crippen LogP contribution < -0.4 is 10.1 Å². The Morgan fingerprint density at radius 1 is 0.893 bits per heavy atom. The molecule has 1 saturated heterocycles. The molecule has 6 heteroatoms. The van der Waals surface area contributed by atoms with Gasteiger partial charge in [-0.3, -0.25) is 19.3 Å². The number of likely N-dealkylation sites (tertiary alicyclic amines) is 1. The summed E-state index contributed by atoms with van der Waals surface area (Å²) in [5.74, 6) is -0.168. The molecule has 1 aliphatic heterocycles. The molecule has 1 fully saturated rings. The lowest BCUT2D eigenvalue weighted by molar-refractivity contribution is -0.142. The smallest absolute Gasteiger partial charge is 0.244 e. The lowest BCUT2D eigenvalue weighted by atomic mass is 9.85. The van der Waals surface area contributed by atoms with Crippen LogP contribution in [0.3, 0.4) is 0 Å². The van der Waals surface area contributed by atoms with Crippen molar-refractivity contribution >= 4 is 23.4 Å². The van der Waals surface area contributed by atoms with Gasteiger partial charge in [-0.15, -0.1) is 0 Å². The summed E-state index contributed by atoms with van der Waals surface area (Å²) in [7, 11) is 0. The molecule has 0 radical (unpaired) electrons. The molecule has 0 saturated carbocycles. The van der Waals surface area contributed by atoms with Gasteiger partial charge in [0, 0.05) is 5.69 Å². The maximum atomic E-state index is 12.4. The van der Waals surface area contributed by atoms with Crippen molar-refractivity contribution < 1.29 is 19.1 Å². The average Bonchev–Trinajstić information content (AvgIpc) is 2.95. The molecule has 142 valence electrons. The number of benzene rings is 2. The SMILES string of the molecule is O=C(CN1C(=O)C2CC=CCC2C1=O)Nc1ccc(Oc2ccccc2)cc1. The fourth-order valence-electron chi connectivity index (χ4n) is 3.60. The van der Waals surface area contributed by atoms with E-state index in [0.29, 0.717) is 24.3 Å². The highest BCUT2D eigenvalue weighted by atomic mass is 16.5. The van der Waals surface area contributed by atoms with Crippen LogP contribution in [0.5, 0.6) is 11.5 Å². The number of carbonyl (C=O) groups excluding carboxylic acids is 3. The fraction of sp³-hybridized carbons (Fsp3) is 0.227. The lowest BCUT2D eigenvalue weighted by Gasteiger charge is -2.14. The predicted octanol–water partition coefficient (Wildman–Crippen LogP) is 3.37. The number of rotatable bonds is 5. The highest BCUT2D eigenvalue weighted by Gasteiger charge is 2.47. The monoisotopic (exact) mass is 376 g/mol. The van der Waals surface area contributed by atoms with Gasteiger partial charge in [0.25, 0.3) is 0 Å². The van der Waals surface area contributed by atoms with E-state index in [1.165, 1.54) is 0 Å². The normalized spacial score (nSPS) is 20.8. The molecule has 2 atom stereocenters. The highest BCUT2D eigenvalue weighted by molar-refractivity contribution is 6.08. The Hall–Kier alpha value is -3.41. The number of nitrogens with one attached hydrogen (secondary N) is 1. The molecule has 2 unspecified atom stereocenters. The van der Waals surface area contributed by atoms with Crippen LogP contribution in [0.1, 0.15) is 12.8 Å². The number of fused-ring (bicyclic) bond motifs is 1. The van der Waals surface area contributed by atoms with Gasteiger partial charge in [0.2, 0.25) is 17.7 Å². The van der Waals surface area contributed by atoms with Crippen LogP contribution in [0.4, 0.5) is 5.69 Å². The van der Waals surface area contributed by atoms with E-state index in [-0.39, 0.29) is 30.2 Å².